The van der Waals surface area contributed by atoms with Crippen LogP contribution in [0.25, 0.3) is 10.8 Å². The third-order valence-electron chi connectivity index (χ3n) is 6.75. The van der Waals surface area contributed by atoms with Gasteiger partial charge in [-0.15, -0.1) is 0 Å². The molecule has 0 aromatic heterocycles. The van der Waals surface area contributed by atoms with Crippen LogP contribution < -0.4 is 4.74 Å². The first-order valence-corrected chi connectivity index (χ1v) is 11.0. The monoisotopic (exact) mass is 411 g/mol. The van der Waals surface area contributed by atoms with Gasteiger partial charge in [-0.1, -0.05) is 18.2 Å². The second kappa shape index (κ2) is 9.33. The van der Waals surface area contributed by atoms with E-state index in [1.54, 1.807) is 7.11 Å². The minimum absolute atomic E-state index is 0.582. The first kappa shape index (κ1) is 21.1. The van der Waals surface area contributed by atoms with Gasteiger partial charge in [0, 0.05) is 32.7 Å². The van der Waals surface area contributed by atoms with E-state index in [4.69, 9.17) is 4.74 Å². The third-order valence-corrected chi connectivity index (χ3v) is 6.75. The molecule has 0 spiro atoms. The standard InChI is InChI=1S/C24H33N3O3/c1-25-11-13-26(14-12-25)17-18-7-9-27(10-8-18)23(24(28)29)21-4-3-20-16-22(30-2)6-5-19(20)15-21/h3-6,15-16,18,23H,7-14,17H2,1-2H3,(H,28,29). The topological polar surface area (TPSA) is 56.3 Å². The molecular weight excluding hydrogens is 378 g/mol. The first-order valence-electron chi connectivity index (χ1n) is 11.0. The summed E-state index contributed by atoms with van der Waals surface area (Å²) < 4.78 is 5.29. The number of ether oxygens (including phenoxy) is 1. The lowest BCUT2D eigenvalue weighted by Crippen LogP contribution is -2.48. The van der Waals surface area contributed by atoms with Gasteiger partial charge in [-0.3, -0.25) is 9.69 Å². The normalized spacial score (nSPS) is 21.0. The summed E-state index contributed by atoms with van der Waals surface area (Å²) in [7, 11) is 3.84. The fourth-order valence-corrected chi connectivity index (χ4v) is 4.84. The molecule has 0 amide bonds. The van der Waals surface area contributed by atoms with Gasteiger partial charge < -0.3 is 19.6 Å². The molecule has 4 rings (SSSR count). The van der Waals surface area contributed by atoms with Crippen molar-refractivity contribution in [2.75, 3.05) is 60.0 Å². The number of rotatable bonds is 6. The van der Waals surface area contributed by atoms with Gasteiger partial charge in [0.25, 0.3) is 0 Å². The molecule has 30 heavy (non-hydrogen) atoms. The largest absolute Gasteiger partial charge is 0.497 e. The summed E-state index contributed by atoms with van der Waals surface area (Å²) in [5, 5.41) is 12.1. The number of piperidine rings is 1. The molecule has 0 bridgehead atoms. The average Bonchev–Trinajstić information content (AvgIpc) is 2.76. The Hall–Kier alpha value is -2.15. The summed E-state index contributed by atoms with van der Waals surface area (Å²) in [6, 6.07) is 11.3. The summed E-state index contributed by atoms with van der Waals surface area (Å²) in [5.41, 5.74) is 0.859. The van der Waals surface area contributed by atoms with Crippen molar-refractivity contribution in [1.82, 2.24) is 14.7 Å². The van der Waals surface area contributed by atoms with Crippen LogP contribution >= 0.6 is 0 Å². The third kappa shape index (κ3) is 4.77. The number of benzene rings is 2. The Morgan fingerprint density at radius 2 is 1.70 bits per heavy atom. The fourth-order valence-electron chi connectivity index (χ4n) is 4.84. The van der Waals surface area contributed by atoms with E-state index in [-0.39, 0.29) is 0 Å². The molecule has 2 aromatic rings. The number of aliphatic carboxylic acids is 1. The number of hydrogen-bond donors (Lipinski definition) is 1. The minimum atomic E-state index is -0.764. The highest BCUT2D eigenvalue weighted by Crippen LogP contribution is 2.30. The molecule has 2 saturated heterocycles. The van der Waals surface area contributed by atoms with E-state index in [9.17, 15) is 9.90 Å². The second-order valence-corrected chi connectivity index (χ2v) is 8.80. The van der Waals surface area contributed by atoms with Gasteiger partial charge in [0.15, 0.2) is 0 Å². The summed E-state index contributed by atoms with van der Waals surface area (Å²) in [5.74, 6) is 0.719. The number of likely N-dealkylation sites (tertiary alicyclic amines) is 1. The van der Waals surface area contributed by atoms with Gasteiger partial charge in [-0.2, -0.15) is 0 Å². The number of hydrogen-bond acceptors (Lipinski definition) is 5. The Labute approximate surface area is 179 Å². The molecule has 1 atom stereocenters. The van der Waals surface area contributed by atoms with Crippen LogP contribution in [0.3, 0.4) is 0 Å². The fraction of sp³-hybridized carbons (Fsp3) is 0.542. The zero-order valence-corrected chi connectivity index (χ0v) is 18.1. The Kier molecular flexibility index (Phi) is 6.56. The van der Waals surface area contributed by atoms with Gasteiger partial charge in [0.2, 0.25) is 0 Å². The number of fused-ring (bicyclic) bond motifs is 1. The molecule has 0 aliphatic carbocycles. The maximum atomic E-state index is 12.2. The Morgan fingerprint density at radius 3 is 2.37 bits per heavy atom. The van der Waals surface area contributed by atoms with Crippen molar-refractivity contribution >= 4 is 16.7 Å². The predicted molar refractivity (Wildman–Crippen MR) is 119 cm³/mol. The summed E-state index contributed by atoms with van der Waals surface area (Å²) in [4.78, 5) is 19.3. The van der Waals surface area contributed by atoms with E-state index < -0.39 is 12.0 Å². The lowest BCUT2D eigenvalue weighted by molar-refractivity contribution is -0.144. The van der Waals surface area contributed by atoms with E-state index in [2.05, 4.69) is 21.7 Å². The molecule has 2 aliphatic heterocycles. The van der Waals surface area contributed by atoms with Crippen LogP contribution in [0.1, 0.15) is 24.4 Å². The lowest BCUT2D eigenvalue weighted by atomic mass is 9.93. The van der Waals surface area contributed by atoms with E-state index in [1.165, 1.54) is 0 Å². The maximum Gasteiger partial charge on any atom is 0.325 e. The van der Waals surface area contributed by atoms with Gasteiger partial charge >= 0.3 is 5.97 Å². The van der Waals surface area contributed by atoms with Gasteiger partial charge in [0.1, 0.15) is 11.8 Å². The lowest BCUT2D eigenvalue weighted by Gasteiger charge is -2.39. The number of carboxylic acid groups (broad SMARTS) is 1. The van der Waals surface area contributed by atoms with Crippen LogP contribution in [0, 0.1) is 5.92 Å². The maximum absolute atomic E-state index is 12.2. The molecule has 162 valence electrons. The van der Waals surface area contributed by atoms with Crippen molar-refractivity contribution in [3.63, 3.8) is 0 Å². The molecule has 0 saturated carbocycles. The second-order valence-electron chi connectivity index (χ2n) is 8.80. The van der Waals surface area contributed by atoms with Crippen molar-refractivity contribution in [3.05, 3.63) is 42.0 Å². The summed E-state index contributed by atoms with van der Waals surface area (Å²) in [6.45, 7) is 7.43. The molecule has 0 radical (unpaired) electrons. The van der Waals surface area contributed by atoms with E-state index >= 15 is 0 Å². The van der Waals surface area contributed by atoms with E-state index in [0.29, 0.717) is 5.92 Å². The van der Waals surface area contributed by atoms with Crippen LogP contribution in [-0.4, -0.2) is 85.7 Å². The Morgan fingerprint density at radius 1 is 1.03 bits per heavy atom. The highest BCUT2D eigenvalue weighted by molar-refractivity contribution is 5.86. The van der Waals surface area contributed by atoms with Gasteiger partial charge in [-0.05, 0) is 73.4 Å². The van der Waals surface area contributed by atoms with Crippen LogP contribution in [0.15, 0.2) is 36.4 Å². The van der Waals surface area contributed by atoms with Crippen molar-refractivity contribution in [3.8, 4) is 5.75 Å². The van der Waals surface area contributed by atoms with Crippen LogP contribution in [-0.2, 0) is 4.79 Å². The highest BCUT2D eigenvalue weighted by Gasteiger charge is 2.32. The van der Waals surface area contributed by atoms with Crippen LogP contribution in [0.5, 0.6) is 5.75 Å². The molecule has 6 nitrogen and oxygen atoms in total. The predicted octanol–water partition coefficient (Wildman–Crippen LogP) is 2.93. The summed E-state index contributed by atoms with van der Waals surface area (Å²) in [6.07, 6.45) is 2.14. The molecule has 6 heteroatoms. The number of carbonyl (C=O) groups is 1. The van der Waals surface area contributed by atoms with Crippen LogP contribution in [0.2, 0.25) is 0 Å². The van der Waals surface area contributed by atoms with Crippen molar-refractivity contribution in [2.24, 2.45) is 5.92 Å². The van der Waals surface area contributed by atoms with E-state index in [1.807, 2.05) is 36.4 Å². The quantitative estimate of drug-likeness (QED) is 0.789. The van der Waals surface area contributed by atoms with Crippen LogP contribution in [0.4, 0.5) is 0 Å². The molecule has 1 N–H and O–H groups in total. The smallest absolute Gasteiger partial charge is 0.325 e. The molecule has 1 unspecified atom stereocenters. The molecule has 2 heterocycles. The Bertz CT molecular complexity index is 871. The van der Waals surface area contributed by atoms with E-state index in [0.717, 1.165) is 80.7 Å². The number of piperazine rings is 1. The van der Waals surface area contributed by atoms with Gasteiger partial charge in [-0.25, -0.2) is 0 Å². The molecular formula is C24H33N3O3. The minimum Gasteiger partial charge on any atom is -0.497 e. The summed E-state index contributed by atoms with van der Waals surface area (Å²) >= 11 is 0. The number of nitrogens with zero attached hydrogens (tertiary/aromatic N) is 3. The zero-order valence-electron chi connectivity index (χ0n) is 18.1. The van der Waals surface area contributed by atoms with Crippen molar-refractivity contribution in [1.29, 1.82) is 0 Å². The SMILES string of the molecule is COc1ccc2cc(C(C(=O)O)N3CCC(CN4CCN(C)CC4)CC3)ccc2c1. The average molecular weight is 412 g/mol. The number of likely N-dealkylation sites (N-methyl/N-ethyl adjacent to an activating group) is 1. The molecule has 2 aliphatic rings. The molecule has 2 aromatic carbocycles. The number of methoxy groups -OCH3 is 1. The number of carboxylic acids is 1. The zero-order chi connectivity index (χ0) is 21.1. The highest BCUT2D eigenvalue weighted by atomic mass is 16.5. The Balaban J connectivity index is 1.41. The van der Waals surface area contributed by atoms with Gasteiger partial charge in [0.05, 0.1) is 7.11 Å². The molecule has 2 fully saturated rings. The van der Waals surface area contributed by atoms with Crippen molar-refractivity contribution < 1.29 is 14.6 Å². The van der Waals surface area contributed by atoms with Crippen molar-refractivity contribution in [2.45, 2.75) is 18.9 Å². The first-order chi connectivity index (χ1) is 14.5.